The Balaban J connectivity index is 2.18. The average molecular weight is 254 g/mol. The maximum atomic E-state index is 13.0. The number of amides is 1. The second kappa shape index (κ2) is 7.66. The van der Waals surface area contributed by atoms with Gasteiger partial charge in [-0.05, 0) is 37.8 Å². The summed E-state index contributed by atoms with van der Waals surface area (Å²) in [6, 6.07) is 4.49. The number of hydrogen-bond donors (Lipinski definition) is 2. The largest absolute Gasteiger partial charge is 0.493 e. The second-order valence-corrected chi connectivity index (χ2v) is 4.14. The number of unbranched alkanes of at least 4 members (excludes halogenated alkanes) is 2. The lowest BCUT2D eigenvalue weighted by Gasteiger charge is -2.08. The summed E-state index contributed by atoms with van der Waals surface area (Å²) in [4.78, 5) is 10.8. The summed E-state index contributed by atoms with van der Waals surface area (Å²) in [7, 11) is 0. The Kier molecular flexibility index (Phi) is 6.14. The van der Waals surface area contributed by atoms with Crippen LogP contribution in [0.5, 0.6) is 5.75 Å². The van der Waals surface area contributed by atoms with Gasteiger partial charge in [0.2, 0.25) is 5.91 Å². The zero-order valence-electron chi connectivity index (χ0n) is 10.5. The number of ether oxygens (including phenoxy) is 1. The molecule has 18 heavy (non-hydrogen) atoms. The third-order valence-electron chi connectivity index (χ3n) is 2.62. The quantitative estimate of drug-likeness (QED) is 0.339. The number of nitrogens with two attached hydrogens (primary N) is 1. The van der Waals surface area contributed by atoms with Gasteiger partial charge in [0.1, 0.15) is 11.6 Å². The van der Waals surface area contributed by atoms with E-state index in [-0.39, 0.29) is 11.7 Å². The van der Waals surface area contributed by atoms with E-state index in [0.717, 1.165) is 24.8 Å². The molecule has 0 radical (unpaired) electrons. The van der Waals surface area contributed by atoms with Gasteiger partial charge in [0.25, 0.3) is 0 Å². The van der Waals surface area contributed by atoms with Gasteiger partial charge in [-0.25, -0.2) is 10.2 Å². The van der Waals surface area contributed by atoms with Crippen LogP contribution in [-0.2, 0) is 4.79 Å². The summed E-state index contributed by atoms with van der Waals surface area (Å²) < 4.78 is 18.5. The molecule has 1 aromatic rings. The van der Waals surface area contributed by atoms with Crippen molar-refractivity contribution in [3.05, 3.63) is 29.6 Å². The summed E-state index contributed by atoms with van der Waals surface area (Å²) in [5, 5.41) is 0. The van der Waals surface area contributed by atoms with Crippen molar-refractivity contribution in [2.45, 2.75) is 32.6 Å². The molecule has 0 spiro atoms. The van der Waals surface area contributed by atoms with Crippen molar-refractivity contribution < 1.29 is 13.9 Å². The first-order chi connectivity index (χ1) is 8.63. The maximum Gasteiger partial charge on any atom is 0.233 e. The molecule has 1 rings (SSSR count). The first kappa shape index (κ1) is 14.4. The summed E-state index contributed by atoms with van der Waals surface area (Å²) in [6.07, 6.45) is 2.90. The van der Waals surface area contributed by atoms with Gasteiger partial charge in [-0.2, -0.15) is 0 Å². The number of nitrogens with one attached hydrogen (secondary N) is 1. The Bertz CT molecular complexity index is 397. The second-order valence-electron chi connectivity index (χ2n) is 4.14. The SMILES string of the molecule is Cc1ccc(F)cc1OCCCCCC(=O)NN. The molecular formula is C13H19FN2O2. The van der Waals surface area contributed by atoms with E-state index in [2.05, 4.69) is 5.43 Å². The predicted octanol–water partition coefficient (Wildman–Crippen LogP) is 2.06. The van der Waals surface area contributed by atoms with Gasteiger partial charge >= 0.3 is 0 Å². The molecule has 0 saturated heterocycles. The van der Waals surface area contributed by atoms with E-state index in [1.165, 1.54) is 12.1 Å². The fourth-order valence-electron chi connectivity index (χ4n) is 1.55. The molecule has 0 aromatic heterocycles. The fourth-order valence-corrected chi connectivity index (χ4v) is 1.55. The third kappa shape index (κ3) is 5.14. The molecule has 0 saturated carbocycles. The number of halogens is 1. The summed E-state index contributed by atoms with van der Waals surface area (Å²) >= 11 is 0. The van der Waals surface area contributed by atoms with Crippen LogP contribution in [0.25, 0.3) is 0 Å². The Morgan fingerprint density at radius 3 is 2.89 bits per heavy atom. The van der Waals surface area contributed by atoms with Crippen molar-refractivity contribution in [1.29, 1.82) is 0 Å². The van der Waals surface area contributed by atoms with E-state index in [1.54, 1.807) is 6.07 Å². The summed E-state index contributed by atoms with van der Waals surface area (Å²) in [5.41, 5.74) is 3.00. The standard InChI is InChI=1S/C13H19FN2O2/c1-10-6-7-11(14)9-12(10)18-8-4-2-3-5-13(17)16-15/h6-7,9H,2-5,8,15H2,1H3,(H,16,17). The number of benzene rings is 1. The van der Waals surface area contributed by atoms with Crippen molar-refractivity contribution in [3.8, 4) is 5.75 Å². The van der Waals surface area contributed by atoms with E-state index in [0.29, 0.717) is 18.8 Å². The molecule has 3 N–H and O–H groups in total. The van der Waals surface area contributed by atoms with Crippen LogP contribution >= 0.6 is 0 Å². The highest BCUT2D eigenvalue weighted by atomic mass is 19.1. The number of hydrazine groups is 1. The highest BCUT2D eigenvalue weighted by Gasteiger charge is 2.02. The van der Waals surface area contributed by atoms with Crippen LogP contribution in [0, 0.1) is 12.7 Å². The van der Waals surface area contributed by atoms with Crippen LogP contribution in [0.3, 0.4) is 0 Å². The molecule has 0 heterocycles. The molecule has 1 aromatic carbocycles. The van der Waals surface area contributed by atoms with Crippen molar-refractivity contribution in [1.82, 2.24) is 5.43 Å². The minimum Gasteiger partial charge on any atom is -0.493 e. The van der Waals surface area contributed by atoms with Crippen LogP contribution in [0.1, 0.15) is 31.2 Å². The van der Waals surface area contributed by atoms with Gasteiger partial charge < -0.3 is 4.74 Å². The lowest BCUT2D eigenvalue weighted by Crippen LogP contribution is -2.29. The molecule has 0 aliphatic carbocycles. The van der Waals surface area contributed by atoms with Crippen molar-refractivity contribution in [2.75, 3.05) is 6.61 Å². The number of carbonyl (C=O) groups is 1. The topological polar surface area (TPSA) is 64.3 Å². The molecule has 0 aliphatic heterocycles. The zero-order chi connectivity index (χ0) is 13.4. The smallest absolute Gasteiger partial charge is 0.233 e. The van der Waals surface area contributed by atoms with E-state index >= 15 is 0 Å². The van der Waals surface area contributed by atoms with Gasteiger partial charge in [0.15, 0.2) is 0 Å². The van der Waals surface area contributed by atoms with Crippen molar-refractivity contribution >= 4 is 5.91 Å². The van der Waals surface area contributed by atoms with Crippen molar-refractivity contribution in [2.24, 2.45) is 5.84 Å². The predicted molar refractivity (Wildman–Crippen MR) is 67.4 cm³/mol. The van der Waals surface area contributed by atoms with Gasteiger partial charge in [0.05, 0.1) is 6.61 Å². The number of hydrogen-bond acceptors (Lipinski definition) is 3. The maximum absolute atomic E-state index is 13.0. The normalized spacial score (nSPS) is 10.2. The molecular weight excluding hydrogens is 235 g/mol. The number of carbonyl (C=O) groups excluding carboxylic acids is 1. The van der Waals surface area contributed by atoms with E-state index < -0.39 is 0 Å². The van der Waals surface area contributed by atoms with Crippen LogP contribution in [-0.4, -0.2) is 12.5 Å². The molecule has 0 atom stereocenters. The molecule has 0 fully saturated rings. The van der Waals surface area contributed by atoms with Gasteiger partial charge in [-0.3, -0.25) is 10.2 Å². The van der Waals surface area contributed by atoms with E-state index in [1.807, 2.05) is 6.92 Å². The molecule has 100 valence electrons. The average Bonchev–Trinajstić information content (AvgIpc) is 2.37. The molecule has 0 aliphatic rings. The lowest BCUT2D eigenvalue weighted by atomic mass is 10.2. The van der Waals surface area contributed by atoms with Crippen molar-refractivity contribution in [3.63, 3.8) is 0 Å². The zero-order valence-corrected chi connectivity index (χ0v) is 10.5. The van der Waals surface area contributed by atoms with Crippen LogP contribution in [0.15, 0.2) is 18.2 Å². The lowest BCUT2D eigenvalue weighted by molar-refractivity contribution is -0.121. The third-order valence-corrected chi connectivity index (χ3v) is 2.62. The molecule has 0 bridgehead atoms. The van der Waals surface area contributed by atoms with E-state index in [4.69, 9.17) is 10.6 Å². The minimum atomic E-state index is -0.296. The number of aryl methyl sites for hydroxylation is 1. The Morgan fingerprint density at radius 1 is 1.39 bits per heavy atom. The molecule has 5 heteroatoms. The Morgan fingerprint density at radius 2 is 2.17 bits per heavy atom. The molecule has 0 unspecified atom stereocenters. The Hall–Kier alpha value is -1.62. The highest BCUT2D eigenvalue weighted by molar-refractivity contribution is 5.74. The first-order valence-corrected chi connectivity index (χ1v) is 6.02. The fraction of sp³-hybridized carbons (Fsp3) is 0.462. The first-order valence-electron chi connectivity index (χ1n) is 6.02. The Labute approximate surface area is 106 Å². The summed E-state index contributed by atoms with van der Waals surface area (Å²) in [5.74, 6) is 5.09. The van der Waals surface area contributed by atoms with Crippen LogP contribution in [0.2, 0.25) is 0 Å². The minimum absolute atomic E-state index is 0.156. The molecule has 4 nitrogen and oxygen atoms in total. The number of rotatable bonds is 7. The van der Waals surface area contributed by atoms with Crippen LogP contribution < -0.4 is 16.0 Å². The monoisotopic (exact) mass is 254 g/mol. The van der Waals surface area contributed by atoms with Gasteiger partial charge in [-0.1, -0.05) is 6.07 Å². The van der Waals surface area contributed by atoms with Gasteiger partial charge in [0, 0.05) is 12.5 Å². The van der Waals surface area contributed by atoms with E-state index in [9.17, 15) is 9.18 Å². The highest BCUT2D eigenvalue weighted by Crippen LogP contribution is 2.19. The van der Waals surface area contributed by atoms with Crippen LogP contribution in [0.4, 0.5) is 4.39 Å². The summed E-state index contributed by atoms with van der Waals surface area (Å²) in [6.45, 7) is 2.40. The molecule has 1 amide bonds. The van der Waals surface area contributed by atoms with Gasteiger partial charge in [-0.15, -0.1) is 0 Å².